The Labute approximate surface area is 172 Å². The van der Waals surface area contributed by atoms with Crippen molar-refractivity contribution in [2.24, 2.45) is 23.7 Å². The minimum Gasteiger partial charge on any atom is -0.487 e. The molecule has 3 aliphatic rings. The van der Waals surface area contributed by atoms with Gasteiger partial charge in [0.05, 0.1) is 0 Å². The molecule has 0 N–H and O–H groups in total. The highest BCUT2D eigenvalue weighted by Gasteiger charge is 2.64. The standard InChI is InChI=1S/C24H34F4O/c1-3-5-17-6-8-18(9-7-17)19-10-12-20(13-11-19)21-14-15-22(29-16-4-2)24(27,28)23(21,25)26/h4,14-15,17-20H,2-3,5-13,16H2,1H3. The van der Waals surface area contributed by atoms with E-state index < -0.39 is 29.1 Å². The Bertz CT molecular complexity index is 621. The zero-order valence-corrected chi connectivity index (χ0v) is 17.4. The highest BCUT2D eigenvalue weighted by atomic mass is 19.3. The molecular weight excluding hydrogens is 380 g/mol. The number of rotatable bonds is 7. The van der Waals surface area contributed by atoms with E-state index in [2.05, 4.69) is 13.5 Å². The lowest BCUT2D eigenvalue weighted by molar-refractivity contribution is -0.189. The van der Waals surface area contributed by atoms with Crippen LogP contribution in [0.4, 0.5) is 17.6 Å². The van der Waals surface area contributed by atoms with Crippen molar-refractivity contribution in [2.75, 3.05) is 6.61 Å². The van der Waals surface area contributed by atoms with Crippen molar-refractivity contribution in [3.63, 3.8) is 0 Å². The van der Waals surface area contributed by atoms with Crippen LogP contribution < -0.4 is 0 Å². The zero-order valence-electron chi connectivity index (χ0n) is 17.4. The van der Waals surface area contributed by atoms with Crippen molar-refractivity contribution in [3.8, 4) is 0 Å². The van der Waals surface area contributed by atoms with E-state index in [-0.39, 0.29) is 6.61 Å². The van der Waals surface area contributed by atoms with Crippen molar-refractivity contribution in [1.82, 2.24) is 0 Å². The molecule has 3 rings (SSSR count). The molecule has 0 atom stereocenters. The molecule has 3 aliphatic carbocycles. The van der Waals surface area contributed by atoms with Crippen LogP contribution in [0.25, 0.3) is 0 Å². The third-order valence-electron chi connectivity index (χ3n) is 7.30. The van der Waals surface area contributed by atoms with E-state index >= 15 is 0 Å². The third-order valence-corrected chi connectivity index (χ3v) is 7.30. The third kappa shape index (κ3) is 4.59. The maximum atomic E-state index is 14.7. The largest absolute Gasteiger partial charge is 0.487 e. The van der Waals surface area contributed by atoms with Gasteiger partial charge in [-0.3, -0.25) is 0 Å². The summed E-state index contributed by atoms with van der Waals surface area (Å²) < 4.78 is 63.1. The molecular formula is C24H34F4O. The molecule has 0 aromatic carbocycles. The van der Waals surface area contributed by atoms with Gasteiger partial charge >= 0.3 is 11.8 Å². The molecule has 0 aromatic heterocycles. The highest BCUT2D eigenvalue weighted by molar-refractivity contribution is 5.37. The Hall–Kier alpha value is -1.26. The van der Waals surface area contributed by atoms with E-state index in [0.29, 0.717) is 24.7 Å². The molecule has 0 aromatic rings. The quantitative estimate of drug-likeness (QED) is 0.306. The molecule has 0 unspecified atom stereocenters. The van der Waals surface area contributed by atoms with E-state index in [1.165, 1.54) is 50.7 Å². The smallest absolute Gasteiger partial charge is 0.370 e. The van der Waals surface area contributed by atoms with Crippen LogP contribution in [-0.4, -0.2) is 18.5 Å². The van der Waals surface area contributed by atoms with Crippen LogP contribution in [0.2, 0.25) is 0 Å². The fourth-order valence-corrected chi connectivity index (χ4v) is 5.65. The highest BCUT2D eigenvalue weighted by Crippen LogP contribution is 2.53. The molecule has 0 heterocycles. The lowest BCUT2D eigenvalue weighted by atomic mass is 9.67. The molecule has 29 heavy (non-hydrogen) atoms. The second kappa shape index (κ2) is 9.26. The van der Waals surface area contributed by atoms with Crippen LogP contribution in [-0.2, 0) is 4.74 Å². The van der Waals surface area contributed by atoms with Crippen LogP contribution >= 0.6 is 0 Å². The Kier molecular flexibility index (Phi) is 7.16. The van der Waals surface area contributed by atoms with Crippen LogP contribution in [0.15, 0.2) is 36.1 Å². The van der Waals surface area contributed by atoms with Gasteiger partial charge in [-0.15, -0.1) is 0 Å². The van der Waals surface area contributed by atoms with Gasteiger partial charge in [0.1, 0.15) is 6.61 Å². The van der Waals surface area contributed by atoms with Gasteiger partial charge in [0.2, 0.25) is 0 Å². The van der Waals surface area contributed by atoms with Gasteiger partial charge in [-0.05, 0) is 68.3 Å². The first-order valence-electron chi connectivity index (χ1n) is 11.2. The van der Waals surface area contributed by atoms with E-state index in [0.717, 1.165) is 24.8 Å². The van der Waals surface area contributed by atoms with Gasteiger partial charge < -0.3 is 4.74 Å². The number of hydrogen-bond donors (Lipinski definition) is 0. The van der Waals surface area contributed by atoms with Crippen molar-refractivity contribution >= 4 is 0 Å². The van der Waals surface area contributed by atoms with Crippen LogP contribution in [0.3, 0.4) is 0 Å². The first-order chi connectivity index (χ1) is 13.8. The normalized spacial score (nSPS) is 34.1. The summed E-state index contributed by atoms with van der Waals surface area (Å²) in [6.07, 6.45) is 14.0. The van der Waals surface area contributed by atoms with Crippen LogP contribution in [0, 0.1) is 23.7 Å². The average Bonchev–Trinajstić information content (AvgIpc) is 2.70. The molecule has 1 nitrogen and oxygen atoms in total. The number of allylic oxidation sites excluding steroid dienone is 4. The van der Waals surface area contributed by atoms with Crippen LogP contribution in [0.1, 0.15) is 71.1 Å². The first-order valence-corrected chi connectivity index (χ1v) is 11.2. The fraction of sp³-hybridized carbons (Fsp3) is 0.750. The Morgan fingerprint density at radius 3 is 2.07 bits per heavy atom. The number of halogens is 4. The molecule has 164 valence electrons. The van der Waals surface area contributed by atoms with E-state index in [1.807, 2.05) is 0 Å². The lowest BCUT2D eigenvalue weighted by Gasteiger charge is -2.41. The van der Waals surface area contributed by atoms with Gasteiger partial charge in [0, 0.05) is 5.57 Å². The van der Waals surface area contributed by atoms with Crippen molar-refractivity contribution in [3.05, 3.63) is 36.1 Å². The van der Waals surface area contributed by atoms with E-state index in [4.69, 9.17) is 4.74 Å². The summed E-state index contributed by atoms with van der Waals surface area (Å²) in [5.41, 5.74) is -0.418. The molecule has 5 heteroatoms. The monoisotopic (exact) mass is 414 g/mol. The first kappa shape index (κ1) is 22.4. The predicted octanol–water partition coefficient (Wildman–Crippen LogP) is 7.70. The molecule has 0 bridgehead atoms. The summed E-state index contributed by atoms with van der Waals surface area (Å²) in [5, 5.41) is 0. The molecule has 0 spiro atoms. The van der Waals surface area contributed by atoms with E-state index in [9.17, 15) is 17.6 Å². The predicted molar refractivity (Wildman–Crippen MR) is 108 cm³/mol. The Balaban J connectivity index is 1.61. The maximum absolute atomic E-state index is 14.7. The minimum atomic E-state index is -4.31. The number of hydrogen-bond acceptors (Lipinski definition) is 1. The van der Waals surface area contributed by atoms with Gasteiger partial charge in [0.25, 0.3) is 0 Å². The maximum Gasteiger partial charge on any atom is 0.370 e. The Morgan fingerprint density at radius 1 is 0.931 bits per heavy atom. The average molecular weight is 415 g/mol. The van der Waals surface area contributed by atoms with Gasteiger partial charge in [-0.25, -0.2) is 0 Å². The molecule has 2 fully saturated rings. The SMILES string of the molecule is C=CCOC1=CC=C(C2CCC(C3CCC(CCC)CC3)CC2)C(F)(F)C1(F)F. The van der Waals surface area contributed by atoms with Crippen molar-refractivity contribution in [2.45, 2.75) is 83.0 Å². The van der Waals surface area contributed by atoms with Crippen molar-refractivity contribution in [1.29, 1.82) is 0 Å². The molecule has 0 amide bonds. The summed E-state index contributed by atoms with van der Waals surface area (Å²) in [4.78, 5) is 0. The molecule has 0 radical (unpaired) electrons. The molecule has 0 saturated heterocycles. The minimum absolute atomic E-state index is 0.216. The van der Waals surface area contributed by atoms with E-state index in [1.54, 1.807) is 0 Å². The fourth-order valence-electron chi connectivity index (χ4n) is 5.65. The topological polar surface area (TPSA) is 9.23 Å². The summed E-state index contributed by atoms with van der Waals surface area (Å²) in [6.45, 7) is 5.39. The lowest BCUT2D eigenvalue weighted by Crippen LogP contribution is -2.48. The summed E-state index contributed by atoms with van der Waals surface area (Å²) >= 11 is 0. The zero-order chi connectivity index (χ0) is 21.1. The Morgan fingerprint density at radius 2 is 1.52 bits per heavy atom. The second-order valence-electron chi connectivity index (χ2n) is 9.08. The van der Waals surface area contributed by atoms with Gasteiger partial charge in [0.15, 0.2) is 5.76 Å². The summed E-state index contributed by atoms with van der Waals surface area (Å²) in [5.74, 6) is -7.85. The van der Waals surface area contributed by atoms with Gasteiger partial charge in [-0.2, -0.15) is 17.6 Å². The second-order valence-corrected chi connectivity index (χ2v) is 9.08. The number of ether oxygens (including phenoxy) is 1. The summed E-state index contributed by atoms with van der Waals surface area (Å²) in [7, 11) is 0. The van der Waals surface area contributed by atoms with Crippen LogP contribution in [0.5, 0.6) is 0 Å². The van der Waals surface area contributed by atoms with Gasteiger partial charge in [-0.1, -0.05) is 51.3 Å². The van der Waals surface area contributed by atoms with Crippen molar-refractivity contribution < 1.29 is 22.3 Å². The molecule has 0 aliphatic heterocycles. The summed E-state index contributed by atoms with van der Waals surface area (Å²) in [6, 6.07) is 0. The number of alkyl halides is 4. The molecule has 2 saturated carbocycles.